The second kappa shape index (κ2) is 11.0. The number of para-hydroxylation sites is 2. The molecule has 1 unspecified atom stereocenters. The SMILES string of the molecule is c1cc(-c2cccc(C3[NH2+]c4cccc5c4N3c3ccccc3-c3ncccc3-5)c2)cc(-c2ccc3c4ccccc4c4ccccc4c3c2)c1. The standard InChI is InChI=1S/C48H31N3/c1-2-17-37-35(15-1)36-16-3-4-18-38(36)43-29-33(24-25-39(37)43)31-12-7-11-30(27-31)32-13-8-14-34(28-32)48-50-44-22-9-20-41-40-21-10-26-49-46(40)42-19-5-6-23-45(42)51(48)47(41)44/h1-29,48,50H/p+1. The minimum atomic E-state index is 0.0448. The highest BCUT2D eigenvalue weighted by atomic mass is 15.3. The third-order valence-electron chi connectivity index (χ3n) is 10.9. The fourth-order valence-corrected chi connectivity index (χ4v) is 8.67. The molecule has 0 saturated carbocycles. The maximum absolute atomic E-state index is 4.90. The molecule has 0 amide bonds. The first kappa shape index (κ1) is 28.3. The summed E-state index contributed by atoms with van der Waals surface area (Å²) in [6.45, 7) is 0. The van der Waals surface area contributed by atoms with E-state index in [0.29, 0.717) is 0 Å². The first-order chi connectivity index (χ1) is 25.3. The molecular formula is C48H32N3+. The molecule has 9 aromatic rings. The molecule has 3 heteroatoms. The summed E-state index contributed by atoms with van der Waals surface area (Å²) in [5, 5.41) is 10.2. The summed E-state index contributed by atoms with van der Waals surface area (Å²) in [6.07, 6.45) is 1.95. The first-order valence-electron chi connectivity index (χ1n) is 17.7. The molecule has 1 aromatic heterocycles. The molecule has 2 aliphatic rings. The number of nitrogens with zero attached hydrogens (tertiary/aromatic N) is 2. The van der Waals surface area contributed by atoms with E-state index < -0.39 is 0 Å². The maximum Gasteiger partial charge on any atom is 0.197 e. The minimum absolute atomic E-state index is 0.0448. The molecular weight excluding hydrogens is 619 g/mol. The van der Waals surface area contributed by atoms with Gasteiger partial charge in [0.15, 0.2) is 11.9 Å². The molecule has 0 aliphatic carbocycles. The lowest BCUT2D eigenvalue weighted by atomic mass is 9.91. The zero-order valence-corrected chi connectivity index (χ0v) is 27.8. The van der Waals surface area contributed by atoms with Gasteiger partial charge in [0.25, 0.3) is 0 Å². The van der Waals surface area contributed by atoms with Crippen molar-refractivity contribution in [1.82, 2.24) is 4.98 Å². The van der Waals surface area contributed by atoms with Crippen LogP contribution in [-0.2, 0) is 0 Å². The highest BCUT2D eigenvalue weighted by molar-refractivity contribution is 6.25. The predicted octanol–water partition coefficient (Wildman–Crippen LogP) is 11.6. The number of nitrogens with two attached hydrogens (primary N) is 1. The average Bonchev–Trinajstić information content (AvgIpc) is 3.55. The molecule has 0 fully saturated rings. The Hall–Kier alpha value is -6.55. The number of anilines is 2. The van der Waals surface area contributed by atoms with Crippen molar-refractivity contribution in [3.8, 4) is 44.6 Å². The van der Waals surface area contributed by atoms with Crippen molar-refractivity contribution in [2.45, 2.75) is 6.17 Å². The summed E-state index contributed by atoms with van der Waals surface area (Å²) < 4.78 is 0. The van der Waals surface area contributed by atoms with Gasteiger partial charge in [0.2, 0.25) is 0 Å². The van der Waals surface area contributed by atoms with E-state index in [4.69, 9.17) is 4.98 Å². The number of hydrogen-bond donors (Lipinski definition) is 1. The minimum Gasteiger partial charge on any atom is -0.288 e. The predicted molar refractivity (Wildman–Crippen MR) is 211 cm³/mol. The fourth-order valence-electron chi connectivity index (χ4n) is 8.67. The molecule has 2 aliphatic heterocycles. The lowest BCUT2D eigenvalue weighted by Gasteiger charge is -2.25. The topological polar surface area (TPSA) is 32.7 Å². The number of pyridine rings is 1. The molecule has 2 N–H and O–H groups in total. The van der Waals surface area contributed by atoms with Gasteiger partial charge in [-0.1, -0.05) is 133 Å². The van der Waals surface area contributed by atoms with E-state index in [1.807, 2.05) is 12.3 Å². The average molecular weight is 651 g/mol. The molecule has 0 spiro atoms. The molecule has 0 bridgehead atoms. The Morgan fingerprint density at radius 2 is 1.02 bits per heavy atom. The third-order valence-corrected chi connectivity index (χ3v) is 10.9. The van der Waals surface area contributed by atoms with Crippen LogP contribution in [0.3, 0.4) is 0 Å². The van der Waals surface area contributed by atoms with Gasteiger partial charge in [-0.25, -0.2) is 0 Å². The fraction of sp³-hybridized carbons (Fsp3) is 0.0208. The van der Waals surface area contributed by atoms with Gasteiger partial charge in [0, 0.05) is 34.5 Å². The summed E-state index contributed by atoms with van der Waals surface area (Å²) in [6, 6.07) is 62.3. The van der Waals surface area contributed by atoms with Crippen molar-refractivity contribution in [3.63, 3.8) is 0 Å². The van der Waals surface area contributed by atoms with Crippen molar-refractivity contribution < 1.29 is 5.32 Å². The van der Waals surface area contributed by atoms with Crippen molar-refractivity contribution >= 4 is 49.4 Å². The Morgan fingerprint density at radius 3 is 1.80 bits per heavy atom. The largest absolute Gasteiger partial charge is 0.288 e. The molecule has 51 heavy (non-hydrogen) atoms. The van der Waals surface area contributed by atoms with Crippen molar-refractivity contribution in [2.24, 2.45) is 0 Å². The molecule has 11 rings (SSSR count). The second-order valence-corrected chi connectivity index (χ2v) is 13.7. The van der Waals surface area contributed by atoms with Crippen LogP contribution in [0.2, 0.25) is 0 Å². The Bertz CT molecular complexity index is 2830. The van der Waals surface area contributed by atoms with E-state index in [-0.39, 0.29) is 6.17 Å². The molecule has 8 aromatic carbocycles. The van der Waals surface area contributed by atoms with Crippen LogP contribution >= 0.6 is 0 Å². The Morgan fingerprint density at radius 1 is 0.431 bits per heavy atom. The third kappa shape index (κ3) is 4.26. The van der Waals surface area contributed by atoms with Crippen LogP contribution in [0, 0.1) is 0 Å². The van der Waals surface area contributed by atoms with Crippen LogP contribution < -0.4 is 10.2 Å². The summed E-state index contributed by atoms with van der Waals surface area (Å²) in [7, 11) is 0. The highest BCUT2D eigenvalue weighted by Gasteiger charge is 2.41. The maximum atomic E-state index is 4.90. The van der Waals surface area contributed by atoms with E-state index in [1.165, 1.54) is 88.3 Å². The van der Waals surface area contributed by atoms with Gasteiger partial charge in [-0.05, 0) is 84.9 Å². The molecule has 0 radical (unpaired) electrons. The van der Waals surface area contributed by atoms with Crippen LogP contribution in [0.4, 0.5) is 17.1 Å². The summed E-state index contributed by atoms with van der Waals surface area (Å²) >= 11 is 0. The van der Waals surface area contributed by atoms with Gasteiger partial charge in [-0.3, -0.25) is 15.2 Å². The molecule has 3 heterocycles. The molecule has 238 valence electrons. The van der Waals surface area contributed by atoms with E-state index in [0.717, 1.165) is 11.3 Å². The normalized spacial score (nSPS) is 14.4. The van der Waals surface area contributed by atoms with E-state index >= 15 is 0 Å². The Balaban J connectivity index is 1.02. The smallest absolute Gasteiger partial charge is 0.197 e. The van der Waals surface area contributed by atoms with E-state index in [9.17, 15) is 0 Å². The number of rotatable bonds is 3. The van der Waals surface area contributed by atoms with Gasteiger partial charge >= 0.3 is 0 Å². The Kier molecular flexibility index (Phi) is 6.09. The zero-order chi connectivity index (χ0) is 33.5. The Labute approximate surface area is 296 Å². The quantitative estimate of drug-likeness (QED) is 0.152. The molecule has 1 atom stereocenters. The monoisotopic (exact) mass is 650 g/mol. The van der Waals surface area contributed by atoms with Crippen molar-refractivity contribution in [3.05, 3.63) is 182 Å². The summed E-state index contributed by atoms with van der Waals surface area (Å²) in [4.78, 5) is 7.43. The van der Waals surface area contributed by atoms with E-state index in [1.54, 1.807) is 0 Å². The van der Waals surface area contributed by atoms with Gasteiger partial charge < -0.3 is 0 Å². The van der Waals surface area contributed by atoms with Crippen LogP contribution in [-0.4, -0.2) is 4.98 Å². The van der Waals surface area contributed by atoms with Crippen LogP contribution in [0.15, 0.2) is 176 Å². The van der Waals surface area contributed by atoms with Crippen LogP contribution in [0.1, 0.15) is 11.7 Å². The lowest BCUT2D eigenvalue weighted by molar-refractivity contribution is -0.606. The van der Waals surface area contributed by atoms with Crippen molar-refractivity contribution in [1.29, 1.82) is 0 Å². The number of hydrogen-bond acceptors (Lipinski definition) is 2. The number of benzene rings is 8. The summed E-state index contributed by atoms with van der Waals surface area (Å²) in [5.41, 5.74) is 14.4. The summed E-state index contributed by atoms with van der Waals surface area (Å²) in [5.74, 6) is 0. The van der Waals surface area contributed by atoms with Crippen molar-refractivity contribution in [2.75, 3.05) is 4.90 Å². The number of aromatic nitrogens is 1. The van der Waals surface area contributed by atoms with Gasteiger partial charge in [0.1, 0.15) is 5.69 Å². The van der Waals surface area contributed by atoms with Crippen LogP contribution in [0.25, 0.3) is 77.0 Å². The molecule has 0 saturated heterocycles. The van der Waals surface area contributed by atoms with E-state index in [2.05, 4.69) is 174 Å². The number of fused-ring (bicyclic) bond motifs is 11. The van der Waals surface area contributed by atoms with Crippen LogP contribution in [0.5, 0.6) is 0 Å². The zero-order valence-electron chi connectivity index (χ0n) is 27.8. The second-order valence-electron chi connectivity index (χ2n) is 13.7. The van der Waals surface area contributed by atoms with Gasteiger partial charge in [0.05, 0.1) is 11.4 Å². The molecule has 3 nitrogen and oxygen atoms in total. The van der Waals surface area contributed by atoms with Gasteiger partial charge in [-0.2, -0.15) is 0 Å². The van der Waals surface area contributed by atoms with Gasteiger partial charge in [-0.15, -0.1) is 0 Å². The first-order valence-corrected chi connectivity index (χ1v) is 17.7. The highest BCUT2D eigenvalue weighted by Crippen LogP contribution is 2.53. The number of quaternary nitrogens is 1. The lowest BCUT2D eigenvalue weighted by Crippen LogP contribution is -2.79.